The minimum absolute atomic E-state index is 0.0651. The normalized spacial score (nSPS) is 11.9. The Labute approximate surface area is 414 Å². The zero-order valence-corrected chi connectivity index (χ0v) is 40.2. The molecule has 0 aliphatic rings. The summed E-state index contributed by atoms with van der Waals surface area (Å²) in [5, 5.41) is 19.7. The van der Waals surface area contributed by atoms with Crippen LogP contribution in [-0.2, 0) is 17.8 Å². The first-order chi connectivity index (χ1) is 34.5. The van der Waals surface area contributed by atoms with Crippen LogP contribution >= 0.6 is 45.3 Å². The molecule has 358 valence electrons. The van der Waals surface area contributed by atoms with E-state index >= 15 is 0 Å². The van der Waals surface area contributed by atoms with E-state index in [1.54, 1.807) is 52.4 Å². The standard InChI is InChI=1S/C18H15FN2OS.C12H9FN2O2S.C10H7FN2OS.C10H5FN2OS/c19-13-7-8-14-17(10-13)23-18-20-11-15(21(14)18)16(22)9-6-12-4-2-1-3-5-12;1-2-17-11(16)9-6-14-12-15(9)8-4-3-7(13)5-10(8)18-12;2*11-6-1-2-8-9(3-6)15-10-12-4-7(5-14)13(8)10/h1-5,7-8,10-11,16,22H,6,9H2;3-6H,2H2,1H3;1-4,14H,5H2;1-5H. The first kappa shape index (κ1) is 47.3. The first-order valence-electron chi connectivity index (χ1n) is 21.7. The van der Waals surface area contributed by atoms with Crippen LogP contribution in [0.25, 0.3) is 60.7 Å². The Morgan fingerprint density at radius 1 is 0.620 bits per heavy atom. The number of nitrogens with zero attached hydrogens (tertiary/aromatic N) is 8. The molecule has 0 radical (unpaired) electrons. The Hall–Kier alpha value is -7.40. The van der Waals surface area contributed by atoms with Gasteiger partial charge in [-0.25, -0.2) is 42.3 Å². The van der Waals surface area contributed by atoms with Crippen LogP contribution in [0.3, 0.4) is 0 Å². The van der Waals surface area contributed by atoms with Crippen molar-refractivity contribution in [2.45, 2.75) is 32.5 Å². The summed E-state index contributed by atoms with van der Waals surface area (Å²) in [6.07, 6.45) is 7.90. The van der Waals surface area contributed by atoms with Crippen molar-refractivity contribution in [2.24, 2.45) is 0 Å². The third-order valence-electron chi connectivity index (χ3n) is 11.2. The number of fused-ring (bicyclic) bond motifs is 12. The smallest absolute Gasteiger partial charge is 0.357 e. The van der Waals surface area contributed by atoms with Crippen molar-refractivity contribution in [3.63, 3.8) is 0 Å². The number of halogens is 4. The third kappa shape index (κ3) is 9.37. The molecular weight excluding hydrogens is 997 g/mol. The van der Waals surface area contributed by atoms with Gasteiger partial charge in [0.15, 0.2) is 31.8 Å². The van der Waals surface area contributed by atoms with Crippen LogP contribution in [0.4, 0.5) is 17.6 Å². The van der Waals surface area contributed by atoms with E-state index in [1.165, 1.54) is 112 Å². The topological polar surface area (TPSA) is 153 Å². The molecule has 13 aromatic rings. The molecule has 0 saturated carbocycles. The molecule has 5 aromatic carbocycles. The number of esters is 1. The molecule has 13 nitrogen and oxygen atoms in total. The molecule has 1 unspecified atom stereocenters. The van der Waals surface area contributed by atoms with E-state index in [4.69, 9.17) is 9.84 Å². The van der Waals surface area contributed by atoms with E-state index in [9.17, 15) is 32.3 Å². The van der Waals surface area contributed by atoms with Crippen molar-refractivity contribution >= 4 is 118 Å². The van der Waals surface area contributed by atoms with Crippen molar-refractivity contribution < 1.29 is 42.1 Å². The van der Waals surface area contributed by atoms with Crippen molar-refractivity contribution in [1.82, 2.24) is 37.5 Å². The number of rotatable bonds is 8. The van der Waals surface area contributed by atoms with Crippen LogP contribution in [0.1, 0.15) is 57.4 Å². The van der Waals surface area contributed by atoms with E-state index in [2.05, 4.69) is 32.1 Å². The Bertz CT molecular complexity index is 4060. The van der Waals surface area contributed by atoms with Crippen molar-refractivity contribution in [2.75, 3.05) is 6.61 Å². The first-order valence-corrected chi connectivity index (χ1v) is 24.9. The number of aliphatic hydroxyl groups excluding tert-OH is 2. The van der Waals surface area contributed by atoms with E-state index in [0.717, 1.165) is 74.9 Å². The number of aromatic nitrogens is 8. The molecule has 2 N–H and O–H groups in total. The summed E-state index contributed by atoms with van der Waals surface area (Å²) in [4.78, 5) is 42.2. The van der Waals surface area contributed by atoms with Crippen LogP contribution < -0.4 is 0 Å². The Balaban J connectivity index is 0.000000111. The lowest BCUT2D eigenvalue weighted by Crippen LogP contribution is -2.07. The highest BCUT2D eigenvalue weighted by Gasteiger charge is 2.19. The van der Waals surface area contributed by atoms with Crippen LogP contribution in [-0.4, -0.2) is 66.6 Å². The Kier molecular flexibility index (Phi) is 13.4. The molecule has 8 heterocycles. The maximum atomic E-state index is 13.4. The van der Waals surface area contributed by atoms with Crippen molar-refractivity contribution in [1.29, 1.82) is 0 Å². The predicted molar refractivity (Wildman–Crippen MR) is 269 cm³/mol. The fourth-order valence-electron chi connectivity index (χ4n) is 7.95. The number of hydrogen-bond acceptors (Lipinski definition) is 13. The molecule has 13 rings (SSSR count). The summed E-state index contributed by atoms with van der Waals surface area (Å²) in [5.41, 5.74) is 6.89. The van der Waals surface area contributed by atoms with E-state index in [-0.39, 0.29) is 29.9 Å². The minimum Gasteiger partial charge on any atom is -0.461 e. The van der Waals surface area contributed by atoms with Crippen LogP contribution in [0.15, 0.2) is 128 Å². The quantitative estimate of drug-likeness (QED) is 0.0860. The second kappa shape index (κ2) is 20.1. The number of aryl methyl sites for hydroxylation is 1. The maximum absolute atomic E-state index is 13.4. The number of benzene rings is 5. The van der Waals surface area contributed by atoms with Crippen LogP contribution in [0.5, 0.6) is 0 Å². The van der Waals surface area contributed by atoms with Gasteiger partial charge in [-0.3, -0.25) is 22.4 Å². The minimum atomic E-state index is -0.604. The maximum Gasteiger partial charge on any atom is 0.357 e. The summed E-state index contributed by atoms with van der Waals surface area (Å²) >= 11 is 5.54. The molecule has 0 aliphatic carbocycles. The van der Waals surface area contributed by atoms with Gasteiger partial charge < -0.3 is 14.9 Å². The molecule has 0 fully saturated rings. The fraction of sp³-hybridized carbons (Fsp3) is 0.120. The van der Waals surface area contributed by atoms with Gasteiger partial charge in [0.1, 0.15) is 29.0 Å². The number of aldehydes is 1. The SMILES string of the molecule is CCOC(=O)c1cnc2sc3cc(F)ccc3n12.O=Cc1cnc2sc3cc(F)ccc3n12.OC(CCc1ccccc1)c1cnc2sc3cc(F)ccc3n12.OCc1cnc2sc3cc(F)ccc3n12. The lowest BCUT2D eigenvalue weighted by molar-refractivity contribution is 0.0518. The number of hydrogen-bond donors (Lipinski definition) is 2. The number of carbonyl (C=O) groups is 2. The lowest BCUT2D eigenvalue weighted by Gasteiger charge is -2.10. The van der Waals surface area contributed by atoms with Crippen molar-refractivity contribution in [3.05, 3.63) is 180 Å². The summed E-state index contributed by atoms with van der Waals surface area (Å²) < 4.78 is 67.8. The average Bonchev–Trinajstić information content (AvgIpc) is 4.24. The summed E-state index contributed by atoms with van der Waals surface area (Å²) in [6, 6.07) is 28.3. The molecule has 21 heteroatoms. The number of imidazole rings is 4. The highest BCUT2D eigenvalue weighted by molar-refractivity contribution is 7.24. The van der Waals surface area contributed by atoms with Crippen LogP contribution in [0.2, 0.25) is 0 Å². The van der Waals surface area contributed by atoms with Gasteiger partial charge >= 0.3 is 5.97 Å². The van der Waals surface area contributed by atoms with Crippen LogP contribution in [0, 0.1) is 23.3 Å². The average molecular weight is 1030 g/mol. The van der Waals surface area contributed by atoms with E-state index in [1.807, 2.05) is 27.0 Å². The molecule has 0 spiro atoms. The van der Waals surface area contributed by atoms with Gasteiger partial charge in [-0.15, -0.1) is 0 Å². The van der Waals surface area contributed by atoms with Gasteiger partial charge in [-0.1, -0.05) is 75.7 Å². The van der Waals surface area contributed by atoms with E-state index < -0.39 is 12.1 Å². The second-order valence-electron chi connectivity index (χ2n) is 15.6. The fourth-order valence-corrected chi connectivity index (χ4v) is 12.1. The Morgan fingerprint density at radius 2 is 1.08 bits per heavy atom. The van der Waals surface area contributed by atoms with Gasteiger partial charge in [0.25, 0.3) is 0 Å². The molecule has 8 aromatic heterocycles. The number of ether oxygens (including phenoxy) is 1. The summed E-state index contributed by atoms with van der Waals surface area (Å²) in [7, 11) is 0. The van der Waals surface area contributed by atoms with E-state index in [0.29, 0.717) is 34.3 Å². The largest absolute Gasteiger partial charge is 0.461 e. The van der Waals surface area contributed by atoms with Crippen molar-refractivity contribution in [3.8, 4) is 0 Å². The molecule has 1 atom stereocenters. The summed E-state index contributed by atoms with van der Waals surface area (Å²) in [5.74, 6) is -1.51. The third-order valence-corrected chi connectivity index (χ3v) is 15.2. The molecule has 71 heavy (non-hydrogen) atoms. The highest BCUT2D eigenvalue weighted by atomic mass is 32.1. The molecule has 0 saturated heterocycles. The lowest BCUT2D eigenvalue weighted by atomic mass is 10.1. The van der Waals surface area contributed by atoms with Gasteiger partial charge in [0.2, 0.25) is 0 Å². The number of thiazole rings is 4. The molecule has 0 bridgehead atoms. The Morgan fingerprint density at radius 3 is 1.63 bits per heavy atom. The molecule has 0 amide bonds. The zero-order valence-electron chi connectivity index (χ0n) is 36.9. The predicted octanol–water partition coefficient (Wildman–Crippen LogP) is 11.9. The number of carbonyl (C=O) groups excluding carboxylic acids is 2. The number of aliphatic hydroxyl groups is 2. The second-order valence-corrected chi connectivity index (χ2v) is 19.7. The van der Waals surface area contributed by atoms with Gasteiger partial charge in [-0.2, -0.15) is 0 Å². The zero-order chi connectivity index (χ0) is 49.3. The van der Waals surface area contributed by atoms with Gasteiger partial charge in [0, 0.05) is 0 Å². The summed E-state index contributed by atoms with van der Waals surface area (Å²) in [6.45, 7) is 1.99. The molecule has 0 aliphatic heterocycles. The molecular formula is C50H36F4N8O5S4. The monoisotopic (exact) mass is 1030 g/mol. The van der Waals surface area contributed by atoms with Gasteiger partial charge in [-0.05, 0) is 98.1 Å². The van der Waals surface area contributed by atoms with Gasteiger partial charge in [0.05, 0.1) is 96.4 Å². The highest BCUT2D eigenvalue weighted by Crippen LogP contribution is 2.33.